The van der Waals surface area contributed by atoms with Crippen molar-refractivity contribution in [2.75, 3.05) is 40.9 Å². The van der Waals surface area contributed by atoms with E-state index in [4.69, 9.17) is 9.05 Å². The van der Waals surface area contributed by atoms with E-state index >= 15 is 0 Å². The van der Waals surface area contributed by atoms with E-state index in [1.807, 2.05) is 27.2 Å². The summed E-state index contributed by atoms with van der Waals surface area (Å²) in [7, 11) is 1.58. The number of unbranched alkanes of at least 4 members (excludes halogenated alkanes) is 58. The molecular formula is C77H154N2O6P+. The molecule has 3 N–H and O–H groups in total. The van der Waals surface area contributed by atoms with Crippen molar-refractivity contribution in [3.8, 4) is 0 Å². The molecule has 86 heavy (non-hydrogen) atoms. The van der Waals surface area contributed by atoms with Crippen molar-refractivity contribution in [1.82, 2.24) is 5.32 Å². The molecule has 0 aromatic heterocycles. The van der Waals surface area contributed by atoms with Gasteiger partial charge in [0.2, 0.25) is 5.91 Å². The molecule has 0 saturated carbocycles. The highest BCUT2D eigenvalue weighted by Crippen LogP contribution is 2.43. The number of rotatable bonds is 73. The van der Waals surface area contributed by atoms with Crippen LogP contribution >= 0.6 is 7.82 Å². The zero-order valence-electron chi connectivity index (χ0n) is 58.8. The Morgan fingerprint density at radius 3 is 0.930 bits per heavy atom. The van der Waals surface area contributed by atoms with Crippen LogP contribution in [0.5, 0.6) is 0 Å². The smallest absolute Gasteiger partial charge is 0.387 e. The predicted molar refractivity (Wildman–Crippen MR) is 378 cm³/mol. The molecule has 0 bridgehead atoms. The number of carbonyl (C=O) groups excluding carboxylic acids is 1. The van der Waals surface area contributed by atoms with Crippen molar-refractivity contribution in [2.45, 2.75) is 424 Å². The number of phosphoric acid groups is 1. The number of nitrogens with zero attached hydrogens (tertiary/aromatic N) is 1. The van der Waals surface area contributed by atoms with Gasteiger partial charge in [0.15, 0.2) is 0 Å². The van der Waals surface area contributed by atoms with Gasteiger partial charge in [-0.1, -0.05) is 398 Å². The third kappa shape index (κ3) is 70.4. The van der Waals surface area contributed by atoms with Gasteiger partial charge in [-0.15, -0.1) is 0 Å². The molecule has 0 aliphatic rings. The van der Waals surface area contributed by atoms with Gasteiger partial charge >= 0.3 is 7.82 Å². The number of hydrogen-bond acceptors (Lipinski definition) is 5. The Kier molecular flexibility index (Phi) is 67.5. The quantitative estimate of drug-likeness (QED) is 0.0243. The van der Waals surface area contributed by atoms with Crippen molar-refractivity contribution in [3.63, 3.8) is 0 Å². The fourth-order valence-corrected chi connectivity index (χ4v) is 12.9. The molecule has 0 heterocycles. The Morgan fingerprint density at radius 2 is 0.640 bits per heavy atom. The number of likely N-dealkylation sites (N-methyl/N-ethyl adjacent to an activating group) is 1. The molecule has 9 heteroatoms. The van der Waals surface area contributed by atoms with Gasteiger partial charge in [0.25, 0.3) is 0 Å². The lowest BCUT2D eigenvalue weighted by atomic mass is 10.0. The maximum Gasteiger partial charge on any atom is 0.472 e. The van der Waals surface area contributed by atoms with E-state index in [-0.39, 0.29) is 19.1 Å². The third-order valence-corrected chi connectivity index (χ3v) is 19.2. The second kappa shape index (κ2) is 68.3. The summed E-state index contributed by atoms with van der Waals surface area (Å²) < 4.78 is 23.8. The minimum atomic E-state index is -4.36. The zero-order valence-corrected chi connectivity index (χ0v) is 59.7. The monoisotopic (exact) mass is 1230 g/mol. The van der Waals surface area contributed by atoms with Crippen LogP contribution in [0, 0.1) is 0 Å². The minimum Gasteiger partial charge on any atom is -0.387 e. The first-order valence-corrected chi connectivity index (χ1v) is 40.2. The number of carbonyl (C=O) groups is 1. The molecule has 8 nitrogen and oxygen atoms in total. The molecule has 3 unspecified atom stereocenters. The Labute approximate surface area is 538 Å². The summed E-state index contributed by atoms with van der Waals surface area (Å²) in [4.78, 5) is 23.4. The molecule has 3 atom stereocenters. The average molecular weight is 1240 g/mol. The highest BCUT2D eigenvalue weighted by atomic mass is 31.2. The molecule has 0 aliphatic heterocycles. The summed E-state index contributed by atoms with van der Waals surface area (Å²) in [5, 5.41) is 14.0. The molecule has 0 saturated heterocycles. The number of aliphatic hydroxyl groups is 1. The lowest BCUT2D eigenvalue weighted by molar-refractivity contribution is -0.870. The largest absolute Gasteiger partial charge is 0.472 e. The summed E-state index contributed by atoms with van der Waals surface area (Å²) in [5.74, 6) is -0.177. The van der Waals surface area contributed by atoms with Crippen molar-refractivity contribution < 1.29 is 32.9 Å². The molecule has 0 aliphatic carbocycles. The van der Waals surface area contributed by atoms with Crippen molar-refractivity contribution >= 4 is 13.7 Å². The Balaban J connectivity index is 3.92. The Bertz CT molecular complexity index is 1450. The minimum absolute atomic E-state index is 0.0591. The van der Waals surface area contributed by atoms with Crippen LogP contribution in [0.3, 0.4) is 0 Å². The van der Waals surface area contributed by atoms with Gasteiger partial charge in [-0.3, -0.25) is 13.8 Å². The summed E-state index contributed by atoms with van der Waals surface area (Å²) >= 11 is 0. The summed E-state index contributed by atoms with van der Waals surface area (Å²) in [5.41, 5.74) is 0. The number of quaternary nitrogens is 1. The first-order valence-electron chi connectivity index (χ1n) is 38.7. The topological polar surface area (TPSA) is 105 Å². The van der Waals surface area contributed by atoms with Crippen LogP contribution in [-0.2, 0) is 18.4 Å². The van der Waals surface area contributed by atoms with Crippen LogP contribution in [0.4, 0.5) is 0 Å². The molecule has 0 aromatic rings. The van der Waals surface area contributed by atoms with E-state index < -0.39 is 20.0 Å². The maximum absolute atomic E-state index is 13.1. The standard InChI is InChI=1S/C77H153N2O6P/c1-6-8-10-12-14-16-18-20-22-24-26-28-30-32-33-34-35-36-37-38-39-40-41-42-43-44-45-46-47-49-51-53-55-57-59-61-63-65-67-69-71-77(81)78-75(74-85-86(82,83)84-73-72-79(3,4)5)76(80)70-68-66-64-62-60-58-56-54-52-50-48-31-29-27-25-23-21-19-17-15-13-11-9-7-2/h60,62,68,70,75-76,80H,6-59,61,63-67,69,71-74H2,1-5H3,(H-,78,81,82,83)/p+1/b62-60+,70-68+. The molecule has 0 fully saturated rings. The zero-order chi connectivity index (χ0) is 62.6. The molecule has 1 amide bonds. The van der Waals surface area contributed by atoms with Gasteiger partial charge in [0, 0.05) is 6.42 Å². The van der Waals surface area contributed by atoms with Crippen LogP contribution in [0.2, 0.25) is 0 Å². The summed E-state index contributed by atoms with van der Waals surface area (Å²) in [6, 6.07) is -0.862. The summed E-state index contributed by atoms with van der Waals surface area (Å²) in [6.45, 7) is 4.87. The molecular weight excluding hydrogens is 1080 g/mol. The number of amides is 1. The van der Waals surface area contributed by atoms with E-state index in [2.05, 4.69) is 31.3 Å². The molecule has 0 aromatic carbocycles. The number of allylic oxidation sites excluding steroid dienone is 3. The number of aliphatic hydroxyl groups excluding tert-OH is 1. The van der Waals surface area contributed by atoms with Crippen molar-refractivity contribution in [2.24, 2.45) is 0 Å². The second-order valence-corrected chi connectivity index (χ2v) is 29.5. The maximum atomic E-state index is 13.1. The first kappa shape index (κ1) is 85.0. The number of phosphoric ester groups is 1. The number of hydrogen-bond donors (Lipinski definition) is 3. The highest BCUT2D eigenvalue weighted by molar-refractivity contribution is 7.47. The van der Waals surface area contributed by atoms with E-state index in [1.54, 1.807) is 6.08 Å². The van der Waals surface area contributed by atoms with Gasteiger partial charge < -0.3 is 19.8 Å². The fraction of sp³-hybridized carbons (Fsp3) is 0.935. The molecule has 0 spiro atoms. The van der Waals surface area contributed by atoms with Crippen LogP contribution in [-0.4, -0.2) is 73.4 Å². The second-order valence-electron chi connectivity index (χ2n) is 28.1. The van der Waals surface area contributed by atoms with Crippen LogP contribution in [0.1, 0.15) is 412 Å². The average Bonchev–Trinajstić information content (AvgIpc) is 3.70. The normalized spacial score (nSPS) is 13.6. The van der Waals surface area contributed by atoms with E-state index in [0.29, 0.717) is 17.4 Å². The Hall–Kier alpha value is -1.02. The highest BCUT2D eigenvalue weighted by Gasteiger charge is 2.28. The summed E-state index contributed by atoms with van der Waals surface area (Å²) in [6.07, 6.45) is 91.0. The lowest BCUT2D eigenvalue weighted by Gasteiger charge is -2.25. The number of nitrogens with one attached hydrogen (secondary N) is 1. The Morgan fingerprint density at radius 1 is 0.384 bits per heavy atom. The van der Waals surface area contributed by atoms with Crippen LogP contribution in [0.25, 0.3) is 0 Å². The van der Waals surface area contributed by atoms with Gasteiger partial charge in [0.1, 0.15) is 13.2 Å². The van der Waals surface area contributed by atoms with Crippen LogP contribution < -0.4 is 5.32 Å². The van der Waals surface area contributed by atoms with Gasteiger partial charge in [-0.2, -0.15) is 0 Å². The van der Waals surface area contributed by atoms with Gasteiger partial charge in [-0.05, 0) is 32.1 Å². The van der Waals surface area contributed by atoms with Crippen molar-refractivity contribution in [3.05, 3.63) is 24.3 Å². The van der Waals surface area contributed by atoms with Gasteiger partial charge in [-0.25, -0.2) is 4.57 Å². The van der Waals surface area contributed by atoms with E-state index in [0.717, 1.165) is 38.5 Å². The molecule has 512 valence electrons. The van der Waals surface area contributed by atoms with E-state index in [1.165, 1.54) is 353 Å². The first-order chi connectivity index (χ1) is 42.0. The van der Waals surface area contributed by atoms with Crippen LogP contribution in [0.15, 0.2) is 24.3 Å². The lowest BCUT2D eigenvalue weighted by Crippen LogP contribution is -2.45. The third-order valence-electron chi connectivity index (χ3n) is 18.2. The fourth-order valence-electron chi connectivity index (χ4n) is 12.2. The predicted octanol–water partition coefficient (Wildman–Crippen LogP) is 25.0. The van der Waals surface area contributed by atoms with Gasteiger partial charge in [0.05, 0.1) is 39.9 Å². The van der Waals surface area contributed by atoms with E-state index in [9.17, 15) is 19.4 Å². The van der Waals surface area contributed by atoms with Crippen molar-refractivity contribution in [1.29, 1.82) is 0 Å². The molecule has 0 rings (SSSR count). The SMILES string of the molecule is CCCCCCCCCCCCCCCCCCCC/C=C/CC/C=C/C(O)C(COP(=O)(O)OCC[N+](C)(C)C)NC(=O)CCCCCCCCCCCCCCCCCCCCCCCCCCCCCCCCCCCCCCCCCC. The molecule has 0 radical (unpaired) electrons.